The number of aryl methyl sites for hydroxylation is 1. The van der Waals surface area contributed by atoms with Crippen molar-refractivity contribution < 1.29 is 9.53 Å². The van der Waals surface area contributed by atoms with Gasteiger partial charge in [-0.2, -0.15) is 5.10 Å². The Morgan fingerprint density at radius 3 is 2.71 bits per heavy atom. The van der Waals surface area contributed by atoms with Gasteiger partial charge in [-0.05, 0) is 31.2 Å². The summed E-state index contributed by atoms with van der Waals surface area (Å²) in [5.41, 5.74) is 5.57. The first kappa shape index (κ1) is 21.5. The van der Waals surface area contributed by atoms with Crippen LogP contribution in [-0.2, 0) is 22.5 Å². The van der Waals surface area contributed by atoms with Crippen molar-refractivity contribution in [1.29, 1.82) is 0 Å². The smallest absolute Gasteiger partial charge is 0.219 e. The average Bonchev–Trinajstić information content (AvgIpc) is 3.19. The second kappa shape index (κ2) is 9.18. The van der Waals surface area contributed by atoms with Crippen LogP contribution in [0.25, 0.3) is 22.0 Å². The molecule has 164 valence electrons. The zero-order valence-electron chi connectivity index (χ0n) is 19.0. The highest BCUT2D eigenvalue weighted by molar-refractivity contribution is 5.96. The largest absolute Gasteiger partial charge is 0.381 e. The van der Waals surface area contributed by atoms with Crippen LogP contribution in [0.4, 0.5) is 0 Å². The molecule has 2 aliphatic heterocycles. The molecule has 0 aliphatic carbocycles. The van der Waals surface area contributed by atoms with Gasteiger partial charge in [0.1, 0.15) is 0 Å². The monoisotopic (exact) mass is 420 g/mol. The number of hydrogen-bond donors (Lipinski definition) is 0. The summed E-state index contributed by atoms with van der Waals surface area (Å²) >= 11 is 0. The molecule has 0 radical (unpaired) electrons. The number of ether oxygens (including phenoxy) is 1. The molecular formula is C25H32N4O2. The predicted octanol–water partition coefficient (Wildman–Crippen LogP) is 4.69. The quantitative estimate of drug-likeness (QED) is 0.603. The third-order valence-electron chi connectivity index (χ3n) is 6.22. The molecule has 1 fully saturated rings. The molecule has 0 bridgehead atoms. The van der Waals surface area contributed by atoms with Gasteiger partial charge in [0.2, 0.25) is 5.91 Å². The molecule has 0 spiro atoms. The van der Waals surface area contributed by atoms with Gasteiger partial charge in [-0.3, -0.25) is 14.5 Å². The summed E-state index contributed by atoms with van der Waals surface area (Å²) < 4.78 is 7.81. The van der Waals surface area contributed by atoms with Gasteiger partial charge in [-0.25, -0.2) is 0 Å². The molecule has 0 N–H and O–H groups in total. The van der Waals surface area contributed by atoms with Crippen molar-refractivity contribution in [3.8, 4) is 11.3 Å². The summed E-state index contributed by atoms with van der Waals surface area (Å²) in [5.74, 6) is 0.121. The van der Waals surface area contributed by atoms with Gasteiger partial charge >= 0.3 is 0 Å². The first-order valence-corrected chi connectivity index (χ1v) is 11.4. The molecule has 6 heteroatoms. The van der Waals surface area contributed by atoms with E-state index in [0.717, 1.165) is 61.4 Å². The first-order chi connectivity index (χ1) is 15.1. The van der Waals surface area contributed by atoms with E-state index in [9.17, 15) is 4.79 Å². The fourth-order valence-electron chi connectivity index (χ4n) is 4.65. The summed E-state index contributed by atoms with van der Waals surface area (Å²) in [7, 11) is 0. The van der Waals surface area contributed by atoms with Gasteiger partial charge in [0.15, 0.2) is 0 Å². The van der Waals surface area contributed by atoms with Crippen LogP contribution in [-0.4, -0.2) is 45.3 Å². The molecule has 1 saturated heterocycles. The van der Waals surface area contributed by atoms with Crippen molar-refractivity contribution in [3.63, 3.8) is 0 Å². The number of rotatable bonds is 2. The number of nitrogens with zero attached hydrogens (tertiary/aromatic N) is 4. The summed E-state index contributed by atoms with van der Waals surface area (Å²) in [5, 5.41) is 7.43. The lowest BCUT2D eigenvalue weighted by atomic mass is 9.97. The van der Waals surface area contributed by atoms with Crippen LogP contribution >= 0.6 is 0 Å². The number of hydrogen-bond acceptors (Lipinski definition) is 4. The number of carbonyl (C=O) groups excluding carboxylic acids is 1. The molecule has 5 rings (SSSR count). The fourth-order valence-corrected chi connectivity index (χ4v) is 4.65. The van der Waals surface area contributed by atoms with E-state index in [1.807, 2.05) is 31.9 Å². The zero-order valence-corrected chi connectivity index (χ0v) is 19.0. The molecular weight excluding hydrogens is 388 g/mol. The van der Waals surface area contributed by atoms with E-state index < -0.39 is 0 Å². The second-order valence-electron chi connectivity index (χ2n) is 8.10. The highest BCUT2D eigenvalue weighted by atomic mass is 16.5. The van der Waals surface area contributed by atoms with E-state index in [-0.39, 0.29) is 5.91 Å². The lowest BCUT2D eigenvalue weighted by molar-refractivity contribution is -0.129. The van der Waals surface area contributed by atoms with Crippen molar-refractivity contribution in [3.05, 3.63) is 47.4 Å². The van der Waals surface area contributed by atoms with Gasteiger partial charge < -0.3 is 9.64 Å². The number of aromatic nitrogens is 3. The van der Waals surface area contributed by atoms with Crippen LogP contribution in [0.2, 0.25) is 0 Å². The Hall–Kier alpha value is -2.73. The molecule has 2 aromatic heterocycles. The highest BCUT2D eigenvalue weighted by Gasteiger charge is 2.30. The molecule has 6 nitrogen and oxygen atoms in total. The fraction of sp³-hybridized carbons (Fsp3) is 0.480. The minimum absolute atomic E-state index is 0.121. The van der Waals surface area contributed by atoms with Crippen LogP contribution in [0, 0.1) is 6.92 Å². The van der Waals surface area contributed by atoms with E-state index in [1.165, 1.54) is 16.6 Å². The van der Waals surface area contributed by atoms with Crippen molar-refractivity contribution >= 4 is 16.7 Å². The molecule has 4 heterocycles. The molecule has 1 amide bonds. The van der Waals surface area contributed by atoms with Crippen molar-refractivity contribution in [2.24, 2.45) is 0 Å². The van der Waals surface area contributed by atoms with E-state index in [4.69, 9.17) is 9.84 Å². The van der Waals surface area contributed by atoms with Crippen LogP contribution in [0.15, 0.2) is 30.5 Å². The van der Waals surface area contributed by atoms with Gasteiger partial charge in [-0.15, -0.1) is 0 Å². The molecule has 0 unspecified atom stereocenters. The van der Waals surface area contributed by atoms with Crippen molar-refractivity contribution in [1.82, 2.24) is 19.7 Å². The summed E-state index contributed by atoms with van der Waals surface area (Å²) in [6.07, 6.45) is 4.77. The lowest BCUT2D eigenvalue weighted by Crippen LogP contribution is -2.35. The summed E-state index contributed by atoms with van der Waals surface area (Å²) in [6, 6.07) is 8.82. The van der Waals surface area contributed by atoms with Crippen LogP contribution in [0.5, 0.6) is 0 Å². The van der Waals surface area contributed by atoms with E-state index in [1.54, 1.807) is 6.92 Å². The molecule has 3 aromatic rings. The van der Waals surface area contributed by atoms with Crippen LogP contribution in [0.3, 0.4) is 0 Å². The lowest BCUT2D eigenvalue weighted by Gasteiger charge is -2.29. The highest BCUT2D eigenvalue weighted by Crippen LogP contribution is 2.36. The number of carbonyl (C=O) groups is 1. The van der Waals surface area contributed by atoms with Crippen molar-refractivity contribution in [2.75, 3.05) is 19.8 Å². The maximum Gasteiger partial charge on any atom is 0.219 e. The van der Waals surface area contributed by atoms with Crippen molar-refractivity contribution in [2.45, 2.75) is 59.5 Å². The molecule has 1 aromatic carbocycles. The predicted molar refractivity (Wildman–Crippen MR) is 123 cm³/mol. The number of benzene rings is 1. The maximum atomic E-state index is 12.1. The Bertz CT molecular complexity index is 1080. The maximum absolute atomic E-state index is 12.1. The number of pyridine rings is 1. The summed E-state index contributed by atoms with van der Waals surface area (Å²) in [6.45, 7) is 10.6. The van der Waals surface area contributed by atoms with E-state index >= 15 is 0 Å². The molecule has 31 heavy (non-hydrogen) atoms. The number of fused-ring (bicyclic) bond motifs is 2. The van der Waals surface area contributed by atoms with Gasteiger partial charge in [0.05, 0.1) is 11.7 Å². The molecule has 2 aliphatic rings. The normalized spacial score (nSPS) is 16.6. The van der Waals surface area contributed by atoms with E-state index in [0.29, 0.717) is 12.6 Å². The Balaban J connectivity index is 0.00000112. The van der Waals surface area contributed by atoms with Gasteiger partial charge in [0, 0.05) is 73.7 Å². The Morgan fingerprint density at radius 2 is 1.97 bits per heavy atom. The second-order valence-corrected chi connectivity index (χ2v) is 8.10. The molecule has 0 saturated carbocycles. The Labute approximate surface area is 184 Å². The minimum Gasteiger partial charge on any atom is -0.381 e. The minimum atomic E-state index is 0.121. The van der Waals surface area contributed by atoms with Crippen LogP contribution in [0.1, 0.15) is 56.6 Å². The number of amides is 1. The standard InChI is InChI=1S/C23H26N4O2.C2H6/c1-15-12-17-4-3-5-19(20(17)13-24-15)23-21-14-26(16(2)28)9-6-22(21)27(25-23)18-7-10-29-11-8-18;1-2/h3-5,12-13,18H,6-11,14H2,1-2H3;1-2H3. The summed E-state index contributed by atoms with van der Waals surface area (Å²) in [4.78, 5) is 18.5. The zero-order chi connectivity index (χ0) is 22.0. The third-order valence-corrected chi connectivity index (χ3v) is 6.22. The SMILES string of the molecule is CC.CC(=O)N1CCc2c(c(-c3cccc4cc(C)ncc34)nn2C2CCOCC2)C1. The Kier molecular flexibility index (Phi) is 6.37. The average molecular weight is 421 g/mol. The van der Waals surface area contributed by atoms with E-state index in [2.05, 4.69) is 33.9 Å². The van der Waals surface area contributed by atoms with Crippen LogP contribution < -0.4 is 0 Å². The van der Waals surface area contributed by atoms with Gasteiger partial charge in [-0.1, -0.05) is 32.0 Å². The Morgan fingerprint density at radius 1 is 1.19 bits per heavy atom. The third kappa shape index (κ3) is 4.09. The molecule has 0 atom stereocenters. The first-order valence-electron chi connectivity index (χ1n) is 11.4. The topological polar surface area (TPSA) is 60.2 Å². The van der Waals surface area contributed by atoms with Gasteiger partial charge in [0.25, 0.3) is 0 Å².